The standard InChI is InChI=1S/C10H14O4/c1-7(13-11)9-5-3-4-6-10(9)8(2)14-12/h3-8,11-12H,1-2H3. The third-order valence-electron chi connectivity index (χ3n) is 2.19. The average Bonchev–Trinajstić information content (AvgIpc) is 2.27. The van der Waals surface area contributed by atoms with E-state index in [2.05, 4.69) is 9.78 Å². The lowest BCUT2D eigenvalue weighted by atomic mass is 10.00. The van der Waals surface area contributed by atoms with Gasteiger partial charge in [0.15, 0.2) is 0 Å². The predicted octanol–water partition coefficient (Wildman–Crippen LogP) is 2.79. The molecule has 0 aliphatic rings. The third-order valence-corrected chi connectivity index (χ3v) is 2.19. The molecule has 0 aromatic heterocycles. The molecule has 1 rings (SSSR count). The first-order valence-corrected chi connectivity index (χ1v) is 4.40. The summed E-state index contributed by atoms with van der Waals surface area (Å²) < 4.78 is 0. The van der Waals surface area contributed by atoms with Crippen LogP contribution in [0.4, 0.5) is 0 Å². The van der Waals surface area contributed by atoms with Gasteiger partial charge in [0.1, 0.15) is 12.2 Å². The Hall–Kier alpha value is -0.940. The van der Waals surface area contributed by atoms with Crippen molar-refractivity contribution in [3.8, 4) is 0 Å². The minimum atomic E-state index is -0.441. The van der Waals surface area contributed by atoms with Crippen molar-refractivity contribution in [1.82, 2.24) is 0 Å². The van der Waals surface area contributed by atoms with Gasteiger partial charge in [-0.05, 0) is 25.0 Å². The second-order valence-electron chi connectivity index (χ2n) is 3.12. The largest absolute Gasteiger partial charge is 0.251 e. The van der Waals surface area contributed by atoms with Gasteiger partial charge < -0.3 is 0 Å². The van der Waals surface area contributed by atoms with E-state index in [1.807, 2.05) is 24.3 Å². The summed E-state index contributed by atoms with van der Waals surface area (Å²) in [7, 11) is 0. The lowest BCUT2D eigenvalue weighted by Gasteiger charge is -2.16. The van der Waals surface area contributed by atoms with Crippen molar-refractivity contribution in [2.75, 3.05) is 0 Å². The molecule has 78 valence electrons. The summed E-state index contributed by atoms with van der Waals surface area (Å²) in [6.07, 6.45) is -0.882. The Morgan fingerprint density at radius 2 is 1.29 bits per heavy atom. The van der Waals surface area contributed by atoms with Crippen molar-refractivity contribution in [2.24, 2.45) is 0 Å². The van der Waals surface area contributed by atoms with Crippen LogP contribution in [0.15, 0.2) is 24.3 Å². The van der Waals surface area contributed by atoms with Gasteiger partial charge >= 0.3 is 0 Å². The molecular weight excluding hydrogens is 184 g/mol. The second-order valence-corrected chi connectivity index (χ2v) is 3.12. The van der Waals surface area contributed by atoms with Gasteiger partial charge in [0.05, 0.1) is 0 Å². The predicted molar refractivity (Wildman–Crippen MR) is 50.7 cm³/mol. The van der Waals surface area contributed by atoms with Crippen LogP contribution in [0.5, 0.6) is 0 Å². The van der Waals surface area contributed by atoms with Gasteiger partial charge in [0.25, 0.3) is 0 Å². The first-order valence-electron chi connectivity index (χ1n) is 4.40. The molecule has 0 saturated carbocycles. The monoisotopic (exact) mass is 198 g/mol. The Balaban J connectivity index is 3.02. The molecule has 4 nitrogen and oxygen atoms in total. The summed E-state index contributed by atoms with van der Waals surface area (Å²) >= 11 is 0. The summed E-state index contributed by atoms with van der Waals surface area (Å²) in [6, 6.07) is 7.29. The van der Waals surface area contributed by atoms with E-state index in [0.717, 1.165) is 11.1 Å². The Kier molecular flexibility index (Phi) is 4.03. The van der Waals surface area contributed by atoms with E-state index in [0.29, 0.717) is 0 Å². The smallest absolute Gasteiger partial charge is 0.115 e. The first-order chi connectivity index (χ1) is 6.70. The molecule has 4 heteroatoms. The summed E-state index contributed by atoms with van der Waals surface area (Å²) in [5.41, 5.74) is 1.58. The number of hydrogen-bond acceptors (Lipinski definition) is 4. The highest BCUT2D eigenvalue weighted by Gasteiger charge is 2.15. The normalized spacial score (nSPS) is 15.1. The average molecular weight is 198 g/mol. The second kappa shape index (κ2) is 5.07. The molecule has 0 amide bonds. The highest BCUT2D eigenvalue weighted by atomic mass is 17.1. The molecule has 0 heterocycles. The quantitative estimate of drug-likeness (QED) is 0.577. The van der Waals surface area contributed by atoms with Crippen LogP contribution in [0.25, 0.3) is 0 Å². The summed E-state index contributed by atoms with van der Waals surface area (Å²) in [5.74, 6) is 0. The molecule has 2 atom stereocenters. The molecule has 0 radical (unpaired) electrons. The fourth-order valence-electron chi connectivity index (χ4n) is 1.36. The molecule has 0 aliphatic heterocycles. The number of hydrogen-bond donors (Lipinski definition) is 2. The Morgan fingerprint density at radius 1 is 0.929 bits per heavy atom. The SMILES string of the molecule is CC(OO)c1ccccc1C(C)OO. The number of benzene rings is 1. The van der Waals surface area contributed by atoms with E-state index in [4.69, 9.17) is 10.5 Å². The minimum absolute atomic E-state index is 0.441. The minimum Gasteiger partial charge on any atom is -0.251 e. The van der Waals surface area contributed by atoms with Gasteiger partial charge in [-0.15, -0.1) is 0 Å². The van der Waals surface area contributed by atoms with E-state index in [1.54, 1.807) is 13.8 Å². The molecular formula is C10H14O4. The molecule has 2 N–H and O–H groups in total. The molecule has 0 fully saturated rings. The van der Waals surface area contributed by atoms with Crippen LogP contribution in [0, 0.1) is 0 Å². The van der Waals surface area contributed by atoms with Crippen molar-refractivity contribution >= 4 is 0 Å². The molecule has 1 aromatic carbocycles. The van der Waals surface area contributed by atoms with Gasteiger partial charge in [0.2, 0.25) is 0 Å². The lowest BCUT2D eigenvalue weighted by Crippen LogP contribution is -2.05. The van der Waals surface area contributed by atoms with Crippen molar-refractivity contribution in [2.45, 2.75) is 26.1 Å². The van der Waals surface area contributed by atoms with Gasteiger partial charge in [0, 0.05) is 0 Å². The van der Waals surface area contributed by atoms with E-state index in [-0.39, 0.29) is 0 Å². The molecule has 1 aromatic rings. The Labute approximate surface area is 82.6 Å². The fraction of sp³-hybridized carbons (Fsp3) is 0.400. The van der Waals surface area contributed by atoms with Gasteiger partial charge in [-0.25, -0.2) is 9.78 Å². The van der Waals surface area contributed by atoms with Crippen LogP contribution in [-0.2, 0) is 9.78 Å². The van der Waals surface area contributed by atoms with E-state index in [9.17, 15) is 0 Å². The molecule has 0 saturated heterocycles. The summed E-state index contributed by atoms with van der Waals surface area (Å²) in [4.78, 5) is 8.47. The Bertz CT molecular complexity index is 258. The topological polar surface area (TPSA) is 58.9 Å². The number of rotatable bonds is 4. The lowest BCUT2D eigenvalue weighted by molar-refractivity contribution is -0.283. The maximum absolute atomic E-state index is 8.56. The van der Waals surface area contributed by atoms with Crippen LogP contribution < -0.4 is 0 Å². The zero-order valence-corrected chi connectivity index (χ0v) is 8.18. The fourth-order valence-corrected chi connectivity index (χ4v) is 1.36. The van der Waals surface area contributed by atoms with Crippen molar-refractivity contribution < 1.29 is 20.3 Å². The van der Waals surface area contributed by atoms with E-state index < -0.39 is 12.2 Å². The van der Waals surface area contributed by atoms with Crippen LogP contribution in [0.2, 0.25) is 0 Å². The zero-order valence-electron chi connectivity index (χ0n) is 8.18. The molecule has 14 heavy (non-hydrogen) atoms. The highest BCUT2D eigenvalue weighted by Crippen LogP contribution is 2.26. The zero-order chi connectivity index (χ0) is 10.6. The van der Waals surface area contributed by atoms with Crippen molar-refractivity contribution in [3.05, 3.63) is 35.4 Å². The van der Waals surface area contributed by atoms with Gasteiger partial charge in [-0.3, -0.25) is 10.5 Å². The van der Waals surface area contributed by atoms with E-state index in [1.165, 1.54) is 0 Å². The summed E-state index contributed by atoms with van der Waals surface area (Å²) in [6.45, 7) is 3.42. The maximum Gasteiger partial charge on any atom is 0.115 e. The molecule has 0 bridgehead atoms. The van der Waals surface area contributed by atoms with Crippen LogP contribution >= 0.6 is 0 Å². The van der Waals surface area contributed by atoms with E-state index >= 15 is 0 Å². The maximum atomic E-state index is 8.56. The van der Waals surface area contributed by atoms with Gasteiger partial charge in [-0.1, -0.05) is 24.3 Å². The van der Waals surface area contributed by atoms with Crippen LogP contribution in [0.1, 0.15) is 37.2 Å². The molecule has 0 spiro atoms. The third kappa shape index (κ3) is 2.30. The Morgan fingerprint density at radius 3 is 1.57 bits per heavy atom. The summed E-state index contributed by atoms with van der Waals surface area (Å²) in [5, 5.41) is 17.1. The van der Waals surface area contributed by atoms with Crippen LogP contribution in [-0.4, -0.2) is 10.5 Å². The van der Waals surface area contributed by atoms with Crippen molar-refractivity contribution in [1.29, 1.82) is 0 Å². The molecule has 0 aliphatic carbocycles. The first kappa shape index (κ1) is 11.1. The van der Waals surface area contributed by atoms with Crippen LogP contribution in [0.3, 0.4) is 0 Å². The molecule has 2 unspecified atom stereocenters. The highest BCUT2D eigenvalue weighted by molar-refractivity contribution is 5.30. The van der Waals surface area contributed by atoms with Gasteiger partial charge in [-0.2, -0.15) is 0 Å². The van der Waals surface area contributed by atoms with Crippen molar-refractivity contribution in [3.63, 3.8) is 0 Å².